The molecule has 2 atom stereocenters. The van der Waals surface area contributed by atoms with E-state index >= 15 is 0 Å². The number of hydrogen-bond donors (Lipinski definition) is 2. The van der Waals surface area contributed by atoms with Gasteiger partial charge >= 0.3 is 0 Å². The van der Waals surface area contributed by atoms with Crippen LogP contribution in [-0.4, -0.2) is 33.6 Å². The predicted molar refractivity (Wildman–Crippen MR) is 76.6 cm³/mol. The molecular formula is C14H21NO3S. The van der Waals surface area contributed by atoms with Crippen molar-refractivity contribution in [2.24, 2.45) is 5.92 Å². The quantitative estimate of drug-likeness (QED) is 0.832. The van der Waals surface area contributed by atoms with Crippen LogP contribution < -0.4 is 5.32 Å². The topological polar surface area (TPSA) is 66.4 Å². The highest BCUT2D eigenvalue weighted by atomic mass is 32.2. The fraction of sp³-hybridized carbons (Fsp3) is 0.500. The number of benzene rings is 1. The number of carbonyl (C=O) groups is 1. The van der Waals surface area contributed by atoms with Crippen molar-refractivity contribution in [1.29, 1.82) is 0 Å². The highest BCUT2D eigenvalue weighted by molar-refractivity contribution is 7.85. The van der Waals surface area contributed by atoms with E-state index in [1.165, 1.54) is 0 Å². The van der Waals surface area contributed by atoms with Crippen LogP contribution in [-0.2, 0) is 10.8 Å². The van der Waals surface area contributed by atoms with E-state index in [4.69, 9.17) is 0 Å². The second-order valence-electron chi connectivity index (χ2n) is 4.64. The van der Waals surface area contributed by atoms with E-state index in [1.807, 2.05) is 20.8 Å². The zero-order valence-electron chi connectivity index (χ0n) is 11.6. The SMILES string of the molecule is CCS(=O)c1ccccc1C(=O)N[C@H](CO)C(C)C. The van der Waals surface area contributed by atoms with Gasteiger partial charge in [0.2, 0.25) is 0 Å². The van der Waals surface area contributed by atoms with E-state index in [9.17, 15) is 14.1 Å². The molecular weight excluding hydrogens is 262 g/mol. The van der Waals surface area contributed by atoms with Gasteiger partial charge in [-0.25, -0.2) is 0 Å². The van der Waals surface area contributed by atoms with Gasteiger partial charge in [0.15, 0.2) is 0 Å². The molecule has 19 heavy (non-hydrogen) atoms. The molecule has 0 saturated heterocycles. The first-order valence-corrected chi connectivity index (χ1v) is 7.72. The lowest BCUT2D eigenvalue weighted by Gasteiger charge is -2.20. The van der Waals surface area contributed by atoms with Crippen molar-refractivity contribution in [3.8, 4) is 0 Å². The van der Waals surface area contributed by atoms with Gasteiger partial charge in [-0.2, -0.15) is 0 Å². The van der Waals surface area contributed by atoms with Crippen LogP contribution in [0.1, 0.15) is 31.1 Å². The van der Waals surface area contributed by atoms with Crippen molar-refractivity contribution in [2.75, 3.05) is 12.4 Å². The number of hydrogen-bond acceptors (Lipinski definition) is 3. The Labute approximate surface area is 116 Å². The lowest BCUT2D eigenvalue weighted by atomic mass is 10.0. The maximum Gasteiger partial charge on any atom is 0.252 e. The highest BCUT2D eigenvalue weighted by Gasteiger charge is 2.19. The third-order valence-electron chi connectivity index (χ3n) is 2.96. The fourth-order valence-corrected chi connectivity index (χ4v) is 2.62. The Morgan fingerprint density at radius 2 is 2.00 bits per heavy atom. The number of rotatable bonds is 6. The minimum absolute atomic E-state index is 0.109. The van der Waals surface area contributed by atoms with Crippen molar-refractivity contribution in [2.45, 2.75) is 31.7 Å². The van der Waals surface area contributed by atoms with E-state index in [0.29, 0.717) is 16.2 Å². The summed E-state index contributed by atoms with van der Waals surface area (Å²) in [6, 6.07) is 6.58. The number of amides is 1. The molecule has 1 unspecified atom stereocenters. The predicted octanol–water partition coefficient (Wildman–Crippen LogP) is 1.56. The number of nitrogens with one attached hydrogen (secondary N) is 1. The third-order valence-corrected chi connectivity index (χ3v) is 4.33. The number of carbonyl (C=O) groups excluding carboxylic acids is 1. The summed E-state index contributed by atoms with van der Waals surface area (Å²) >= 11 is 0. The Kier molecular flexibility index (Phi) is 6.18. The smallest absolute Gasteiger partial charge is 0.252 e. The van der Waals surface area contributed by atoms with Gasteiger partial charge in [0.1, 0.15) is 0 Å². The summed E-state index contributed by atoms with van der Waals surface area (Å²) in [5, 5.41) is 12.0. The van der Waals surface area contributed by atoms with E-state index in [-0.39, 0.29) is 24.5 Å². The second-order valence-corrected chi connectivity index (χ2v) is 6.35. The van der Waals surface area contributed by atoms with Crippen LogP contribution >= 0.6 is 0 Å². The molecule has 0 aliphatic carbocycles. The van der Waals surface area contributed by atoms with Crippen LogP contribution in [0.5, 0.6) is 0 Å². The van der Waals surface area contributed by atoms with E-state index in [1.54, 1.807) is 24.3 Å². The Bertz CT molecular complexity index is 460. The van der Waals surface area contributed by atoms with E-state index in [2.05, 4.69) is 5.32 Å². The lowest BCUT2D eigenvalue weighted by Crippen LogP contribution is -2.41. The molecule has 0 saturated carbocycles. The van der Waals surface area contributed by atoms with Gasteiger partial charge < -0.3 is 10.4 Å². The molecule has 0 aromatic heterocycles. The molecule has 1 aromatic rings. The minimum Gasteiger partial charge on any atom is -0.394 e. The van der Waals surface area contributed by atoms with Crippen LogP contribution in [0.15, 0.2) is 29.2 Å². The van der Waals surface area contributed by atoms with Gasteiger partial charge in [-0.15, -0.1) is 0 Å². The molecule has 0 radical (unpaired) electrons. The van der Waals surface area contributed by atoms with Gasteiger partial charge in [0.25, 0.3) is 5.91 Å². The first-order valence-electron chi connectivity index (χ1n) is 6.40. The average Bonchev–Trinajstić information content (AvgIpc) is 2.43. The summed E-state index contributed by atoms with van der Waals surface area (Å²) in [6.45, 7) is 5.56. The van der Waals surface area contributed by atoms with Crippen LogP contribution in [0.3, 0.4) is 0 Å². The van der Waals surface area contributed by atoms with Crippen molar-refractivity contribution in [3.63, 3.8) is 0 Å². The van der Waals surface area contributed by atoms with Crippen molar-refractivity contribution < 1.29 is 14.1 Å². The molecule has 0 aliphatic rings. The Morgan fingerprint density at radius 3 is 2.53 bits per heavy atom. The normalized spacial score (nSPS) is 14.2. The lowest BCUT2D eigenvalue weighted by molar-refractivity contribution is 0.0893. The fourth-order valence-electron chi connectivity index (χ4n) is 1.68. The Hall–Kier alpha value is -1.20. The third kappa shape index (κ3) is 4.14. The Morgan fingerprint density at radius 1 is 1.37 bits per heavy atom. The molecule has 106 valence electrons. The molecule has 1 amide bonds. The summed E-state index contributed by atoms with van der Waals surface area (Å²) in [5.74, 6) is 0.320. The highest BCUT2D eigenvalue weighted by Crippen LogP contribution is 2.14. The summed E-state index contributed by atoms with van der Waals surface area (Å²) < 4.78 is 11.9. The molecule has 1 aromatic carbocycles. The molecule has 0 fully saturated rings. The summed E-state index contributed by atoms with van der Waals surface area (Å²) in [6.07, 6.45) is 0. The molecule has 0 aliphatic heterocycles. The largest absolute Gasteiger partial charge is 0.394 e. The zero-order valence-corrected chi connectivity index (χ0v) is 12.4. The zero-order chi connectivity index (χ0) is 14.4. The van der Waals surface area contributed by atoms with Gasteiger partial charge in [0, 0.05) is 5.75 Å². The monoisotopic (exact) mass is 283 g/mol. The number of aliphatic hydroxyl groups excluding tert-OH is 1. The van der Waals surface area contributed by atoms with Crippen LogP contribution in [0.2, 0.25) is 0 Å². The Balaban J connectivity index is 2.97. The molecule has 0 heterocycles. The van der Waals surface area contributed by atoms with Gasteiger partial charge in [0.05, 0.1) is 33.9 Å². The van der Waals surface area contributed by atoms with Crippen molar-refractivity contribution in [1.82, 2.24) is 5.32 Å². The maximum atomic E-state index is 12.2. The van der Waals surface area contributed by atoms with Crippen molar-refractivity contribution >= 4 is 16.7 Å². The standard InChI is InChI=1S/C14H21NO3S/c1-4-19(18)13-8-6-5-7-11(13)14(17)15-12(9-16)10(2)3/h5-8,10,12,16H,4,9H2,1-3H3,(H,15,17)/t12-,19?/m1/s1. The molecule has 5 heteroatoms. The first kappa shape index (κ1) is 15.9. The summed E-state index contributed by atoms with van der Waals surface area (Å²) in [5.41, 5.74) is 0.418. The minimum atomic E-state index is -1.17. The molecule has 0 spiro atoms. The van der Waals surface area contributed by atoms with Gasteiger partial charge in [-0.3, -0.25) is 9.00 Å². The van der Waals surface area contributed by atoms with Crippen LogP contribution in [0.25, 0.3) is 0 Å². The van der Waals surface area contributed by atoms with Gasteiger partial charge in [-0.05, 0) is 18.1 Å². The van der Waals surface area contributed by atoms with Crippen molar-refractivity contribution in [3.05, 3.63) is 29.8 Å². The maximum absolute atomic E-state index is 12.2. The molecule has 4 nitrogen and oxygen atoms in total. The van der Waals surface area contributed by atoms with E-state index < -0.39 is 10.8 Å². The summed E-state index contributed by atoms with van der Waals surface area (Å²) in [4.78, 5) is 12.7. The second kappa shape index (κ2) is 7.40. The average molecular weight is 283 g/mol. The first-order chi connectivity index (χ1) is 9.01. The summed E-state index contributed by atoms with van der Waals surface area (Å²) in [7, 11) is -1.17. The number of aliphatic hydroxyl groups is 1. The van der Waals surface area contributed by atoms with Crippen LogP contribution in [0.4, 0.5) is 0 Å². The van der Waals surface area contributed by atoms with Crippen LogP contribution in [0, 0.1) is 5.92 Å². The van der Waals surface area contributed by atoms with E-state index in [0.717, 1.165) is 0 Å². The molecule has 0 bridgehead atoms. The molecule has 2 N–H and O–H groups in total. The van der Waals surface area contributed by atoms with Gasteiger partial charge in [-0.1, -0.05) is 32.9 Å². The molecule has 1 rings (SSSR count).